The van der Waals surface area contributed by atoms with Gasteiger partial charge >= 0.3 is 0 Å². The molecule has 0 spiro atoms. The fourth-order valence-electron chi connectivity index (χ4n) is 6.75. The van der Waals surface area contributed by atoms with E-state index in [1.165, 1.54) is 4.90 Å². The zero-order valence-corrected chi connectivity index (χ0v) is 41.9. The molecule has 0 saturated carbocycles. The largest absolute Gasteiger partial charge is 0.449 e. The van der Waals surface area contributed by atoms with Gasteiger partial charge in [0.1, 0.15) is 12.0 Å². The summed E-state index contributed by atoms with van der Waals surface area (Å²) in [7, 11) is 26.0. The van der Waals surface area contributed by atoms with Gasteiger partial charge in [0.05, 0.1) is 32.7 Å². The highest BCUT2D eigenvalue weighted by Gasteiger charge is 2.20. The number of Topliss-reactive ketones (excluding diaryl/α,β-unsaturated/α-hetero) is 1. The lowest BCUT2D eigenvalue weighted by Crippen LogP contribution is -2.48. The zero-order chi connectivity index (χ0) is 52.5. The highest BCUT2D eigenvalue weighted by Crippen LogP contribution is 2.07. The molecule has 384 valence electrons. The molecule has 0 bridgehead atoms. The first kappa shape index (κ1) is 65.6. The minimum atomic E-state index is -1.02. The van der Waals surface area contributed by atoms with Crippen LogP contribution in [-0.4, -0.2) is 202 Å². The van der Waals surface area contributed by atoms with Crippen molar-refractivity contribution in [2.24, 2.45) is 5.92 Å². The molecule has 8 amide bonds. The number of nitrogens with zero attached hydrogens (tertiary/aromatic N) is 4. The van der Waals surface area contributed by atoms with Crippen LogP contribution in [0.3, 0.4) is 0 Å². The van der Waals surface area contributed by atoms with Gasteiger partial charge in [-0.2, -0.15) is 0 Å². The van der Waals surface area contributed by atoms with Gasteiger partial charge in [-0.3, -0.25) is 58.3 Å². The van der Waals surface area contributed by atoms with Gasteiger partial charge in [-0.1, -0.05) is 39.5 Å². The number of hydrogen-bond acceptors (Lipinski definition) is 13. The third-order valence-electron chi connectivity index (χ3n) is 10.8. The molecule has 8 N–H and O–H groups in total. The Hall–Kier alpha value is -4.41. The van der Waals surface area contributed by atoms with Gasteiger partial charge in [0.25, 0.3) is 0 Å². The highest BCUT2D eigenvalue weighted by molar-refractivity contribution is 6.34. The number of amides is 8. The van der Waals surface area contributed by atoms with E-state index in [4.69, 9.17) is 39.9 Å². The summed E-state index contributed by atoms with van der Waals surface area (Å²) >= 11 is 0. The Kier molecular flexibility index (Phi) is 39.6. The van der Waals surface area contributed by atoms with Crippen LogP contribution in [0.15, 0.2) is 0 Å². The molecule has 0 saturated heterocycles. The number of rotatable bonds is 44. The fourth-order valence-corrected chi connectivity index (χ4v) is 6.75. The lowest BCUT2D eigenvalue weighted by Gasteiger charge is -2.24. The van der Waals surface area contributed by atoms with E-state index in [1.807, 2.05) is 13.8 Å². The van der Waals surface area contributed by atoms with Crippen molar-refractivity contribution in [3.05, 3.63) is 0 Å². The minimum Gasteiger partial charge on any atom is -0.449 e. The molecule has 0 aliphatic rings. The van der Waals surface area contributed by atoms with E-state index < -0.39 is 18.0 Å². The van der Waals surface area contributed by atoms with Gasteiger partial charge in [0.15, 0.2) is 11.8 Å². The summed E-state index contributed by atoms with van der Waals surface area (Å²) in [5.74, 6) is -2.63. The summed E-state index contributed by atoms with van der Waals surface area (Å²) in [6.45, 7) is 5.01. The predicted octanol–water partition coefficient (Wildman–Crippen LogP) is -2.09. The third-order valence-corrected chi connectivity index (χ3v) is 10.8. The standard InChI is InChI=1S/C44H78B5N11O10/c1-34(2)35(61)18-8-3-12-22-50-37(63)28-57(29-38(64)51-23-13-4-9-19-36(62)56-45)32-41(67)54-26-16-7-17-27-55-42(68)33-58(30-39(65)52-24-14-5-10-20-43(69)59(46)47)31-40(66)53-25-15-6-11-21-44(70)60(48)49/h34,38,51,64H,3-33H2,1-2H3,(H,50,63)(H,52,65)(H,53,66)(H,54,67)(H,55,68)(H,56,62). The molecular weight excluding hydrogens is 897 g/mol. The van der Waals surface area contributed by atoms with Crippen molar-refractivity contribution < 1.29 is 48.3 Å². The first-order valence-electron chi connectivity index (χ1n) is 24.7. The Labute approximate surface area is 422 Å². The zero-order valence-electron chi connectivity index (χ0n) is 41.9. The summed E-state index contributed by atoms with van der Waals surface area (Å²) in [6.07, 6.45) is 9.83. The van der Waals surface area contributed by atoms with E-state index >= 15 is 0 Å². The van der Waals surface area contributed by atoms with Crippen LogP contribution in [0.5, 0.6) is 0 Å². The average molecular weight is 975 g/mol. The highest BCUT2D eigenvalue weighted by atomic mass is 16.3. The molecule has 0 rings (SSSR count). The van der Waals surface area contributed by atoms with E-state index in [1.54, 1.807) is 4.90 Å². The van der Waals surface area contributed by atoms with Gasteiger partial charge < -0.3 is 46.4 Å². The summed E-state index contributed by atoms with van der Waals surface area (Å²) in [6, 6.07) is 0. The number of ketones is 1. The molecule has 1 unspecified atom stereocenters. The van der Waals surface area contributed by atoms with Crippen molar-refractivity contribution in [2.75, 3.05) is 78.5 Å². The van der Waals surface area contributed by atoms with Crippen LogP contribution < -0.4 is 37.1 Å². The predicted molar refractivity (Wildman–Crippen MR) is 270 cm³/mol. The number of nitrogens with one attached hydrogen (secondary N) is 7. The van der Waals surface area contributed by atoms with E-state index in [2.05, 4.69) is 37.1 Å². The summed E-state index contributed by atoms with van der Waals surface area (Å²) in [4.78, 5) is 114. The van der Waals surface area contributed by atoms with Crippen LogP contribution in [-0.2, 0) is 43.2 Å². The number of aliphatic hydroxyl groups is 1. The Balaban J connectivity index is 4.99. The number of carbonyl (C=O) groups excluding carboxylic acids is 9. The molecule has 26 heteroatoms. The molecule has 0 aromatic carbocycles. The van der Waals surface area contributed by atoms with Gasteiger partial charge in [0.2, 0.25) is 75.3 Å². The second-order valence-electron chi connectivity index (χ2n) is 17.6. The maximum absolute atomic E-state index is 13.0. The lowest BCUT2D eigenvalue weighted by molar-refractivity contribution is -0.129. The average Bonchev–Trinajstić information content (AvgIpc) is 3.29. The van der Waals surface area contributed by atoms with Crippen LogP contribution in [0.25, 0.3) is 0 Å². The molecule has 21 nitrogen and oxygen atoms in total. The van der Waals surface area contributed by atoms with Crippen molar-refractivity contribution in [1.82, 2.24) is 56.4 Å². The van der Waals surface area contributed by atoms with Crippen LogP contribution >= 0.6 is 0 Å². The van der Waals surface area contributed by atoms with Crippen molar-refractivity contribution in [3.63, 3.8) is 0 Å². The molecule has 0 aromatic rings. The van der Waals surface area contributed by atoms with Gasteiger partial charge in [0, 0.05) is 70.9 Å². The first-order chi connectivity index (χ1) is 33.3. The molecule has 0 aromatic heterocycles. The summed E-state index contributed by atoms with van der Waals surface area (Å²) in [5.41, 5.74) is 0. The number of unbranched alkanes of at least 4 members (excludes halogenated alkanes) is 10. The number of aliphatic hydroxyl groups excluding tert-OH is 1. The van der Waals surface area contributed by atoms with Crippen LogP contribution in [0.4, 0.5) is 0 Å². The Morgan fingerprint density at radius 2 is 0.729 bits per heavy atom. The summed E-state index contributed by atoms with van der Waals surface area (Å²) in [5, 5.41) is 29.8. The fraction of sp³-hybridized carbons (Fsp3) is 0.795. The normalized spacial score (nSPS) is 11.5. The van der Waals surface area contributed by atoms with E-state index in [0.717, 1.165) is 19.3 Å². The molecule has 1 atom stereocenters. The second kappa shape index (κ2) is 42.3. The molecule has 0 fully saturated rings. The van der Waals surface area contributed by atoms with Crippen LogP contribution in [0.2, 0.25) is 0 Å². The van der Waals surface area contributed by atoms with Gasteiger partial charge in [-0.25, -0.2) is 0 Å². The molecule has 10 radical (unpaired) electrons. The quantitative estimate of drug-likeness (QED) is 0.0185. The van der Waals surface area contributed by atoms with Crippen molar-refractivity contribution in [1.29, 1.82) is 0 Å². The Morgan fingerprint density at radius 3 is 1.07 bits per heavy atom. The van der Waals surface area contributed by atoms with Gasteiger partial charge in [-0.05, 0) is 77.2 Å². The Bertz CT molecular complexity index is 1510. The lowest BCUT2D eigenvalue weighted by atomic mass is 10.0. The molecule has 70 heavy (non-hydrogen) atoms. The van der Waals surface area contributed by atoms with Crippen molar-refractivity contribution in [2.45, 2.75) is 142 Å². The van der Waals surface area contributed by atoms with Crippen molar-refractivity contribution >= 4 is 92.9 Å². The Morgan fingerprint density at radius 1 is 0.414 bits per heavy atom. The van der Waals surface area contributed by atoms with Crippen molar-refractivity contribution in [3.8, 4) is 0 Å². The molecule has 0 aliphatic heterocycles. The van der Waals surface area contributed by atoms with Crippen LogP contribution in [0.1, 0.15) is 136 Å². The van der Waals surface area contributed by atoms with Gasteiger partial charge in [-0.15, -0.1) is 0 Å². The molecule has 0 aliphatic carbocycles. The maximum atomic E-state index is 13.0. The van der Waals surface area contributed by atoms with E-state index in [0.29, 0.717) is 139 Å². The van der Waals surface area contributed by atoms with Crippen LogP contribution in [0, 0.1) is 5.92 Å². The summed E-state index contributed by atoms with van der Waals surface area (Å²) < 4.78 is 1.08. The number of carbonyl (C=O) groups is 9. The molecular formula is C44H78B5N11O10. The molecule has 0 heterocycles. The topological polar surface area (TPSA) is 271 Å². The monoisotopic (exact) mass is 976 g/mol. The SMILES string of the molecule is [B]NC(=O)CCCCCNC(O)CN(CC(=O)NCCCCCNC(=O)CN(CC(=O)NCCCCCC(=O)N([B])[B])CC(=O)NCCCCCC(=O)N([B])[B])CC(=O)NCCCCCC(=O)C(C)C. The number of hydrogen-bond donors (Lipinski definition) is 8. The maximum Gasteiger partial charge on any atom is 0.234 e. The van der Waals surface area contributed by atoms with E-state index in [9.17, 15) is 48.3 Å². The third kappa shape index (κ3) is 39.3. The van der Waals surface area contributed by atoms with E-state index in [-0.39, 0.29) is 99.3 Å². The minimum absolute atomic E-state index is 0.00178. The second-order valence-corrected chi connectivity index (χ2v) is 17.6. The smallest absolute Gasteiger partial charge is 0.234 e. The first-order valence-corrected chi connectivity index (χ1v) is 24.7.